The van der Waals surface area contributed by atoms with Gasteiger partial charge in [0.25, 0.3) is 0 Å². The zero-order valence-electron chi connectivity index (χ0n) is 21.5. The van der Waals surface area contributed by atoms with E-state index < -0.39 is 0 Å². The van der Waals surface area contributed by atoms with Crippen molar-refractivity contribution in [1.29, 1.82) is 0 Å². The molecule has 0 aliphatic rings. The van der Waals surface area contributed by atoms with E-state index in [1.165, 1.54) is 33.4 Å². The second-order valence-electron chi connectivity index (χ2n) is 10.6. The first-order valence-corrected chi connectivity index (χ1v) is 12.9. The van der Waals surface area contributed by atoms with Crippen molar-refractivity contribution < 1.29 is 4.42 Å². The molecule has 0 radical (unpaired) electrons. The van der Waals surface area contributed by atoms with E-state index in [0.29, 0.717) is 0 Å². The zero-order chi connectivity index (χ0) is 25.4. The molecule has 0 bridgehead atoms. The molecule has 0 saturated carbocycles. The zero-order valence-corrected chi connectivity index (χ0v) is 21.5. The fourth-order valence-electron chi connectivity index (χ4n) is 5.31. The van der Waals surface area contributed by atoms with Crippen LogP contribution in [0.25, 0.3) is 55.7 Å². The molecule has 0 N–H and O–H groups in total. The summed E-state index contributed by atoms with van der Waals surface area (Å²) in [7, 11) is 0. The summed E-state index contributed by atoms with van der Waals surface area (Å²) in [5, 5.41) is 2.26. The quantitative estimate of drug-likeness (QED) is 0.246. The number of benzene rings is 5. The lowest BCUT2D eigenvalue weighted by atomic mass is 9.80. The molecule has 0 fully saturated rings. The number of hydrogen-bond donors (Lipinski definition) is 0. The normalized spacial score (nSPS) is 11.6. The largest absolute Gasteiger partial charge is 0.455 e. The first-order valence-electron chi connectivity index (χ1n) is 12.9. The van der Waals surface area contributed by atoms with Crippen LogP contribution in [0, 0.1) is 0 Å². The average molecular weight is 479 g/mol. The summed E-state index contributed by atoms with van der Waals surface area (Å²) >= 11 is 0. The molecule has 0 unspecified atom stereocenters. The van der Waals surface area contributed by atoms with Crippen molar-refractivity contribution in [3.05, 3.63) is 133 Å². The van der Waals surface area contributed by atoms with Crippen LogP contribution in [0.5, 0.6) is 0 Å². The maximum Gasteiger partial charge on any atom is 0.143 e. The molecule has 0 aliphatic carbocycles. The Morgan fingerprint density at radius 2 is 0.919 bits per heavy atom. The van der Waals surface area contributed by atoms with Crippen molar-refractivity contribution in [3.8, 4) is 44.9 Å². The van der Waals surface area contributed by atoms with E-state index in [4.69, 9.17) is 4.42 Å². The van der Waals surface area contributed by atoms with Gasteiger partial charge in [0.05, 0.1) is 0 Å². The fraction of sp³-hybridized carbons (Fsp3) is 0.111. The van der Waals surface area contributed by atoms with Crippen LogP contribution in [0.4, 0.5) is 0 Å². The van der Waals surface area contributed by atoms with Crippen LogP contribution < -0.4 is 0 Å². The van der Waals surface area contributed by atoms with Crippen LogP contribution >= 0.6 is 0 Å². The van der Waals surface area contributed by atoms with Gasteiger partial charge in [0.1, 0.15) is 11.5 Å². The molecule has 5 aromatic carbocycles. The number of furan rings is 1. The van der Waals surface area contributed by atoms with Gasteiger partial charge in [-0.15, -0.1) is 0 Å². The summed E-state index contributed by atoms with van der Waals surface area (Å²) in [6.07, 6.45) is 0. The third kappa shape index (κ3) is 4.17. The van der Waals surface area contributed by atoms with Gasteiger partial charge in [-0.1, -0.05) is 148 Å². The fourth-order valence-corrected chi connectivity index (χ4v) is 5.31. The second kappa shape index (κ2) is 9.26. The molecule has 1 heterocycles. The first kappa shape index (κ1) is 23.1. The molecule has 1 nitrogen and oxygen atoms in total. The van der Waals surface area contributed by atoms with Gasteiger partial charge >= 0.3 is 0 Å². The molecule has 6 rings (SSSR count). The molecule has 0 amide bonds. The Hall–Kier alpha value is -4.36. The summed E-state index contributed by atoms with van der Waals surface area (Å²) in [4.78, 5) is 0. The molecule has 0 atom stereocenters. The Bertz CT molecular complexity index is 1680. The average Bonchev–Trinajstić information content (AvgIpc) is 3.32. The van der Waals surface area contributed by atoms with Gasteiger partial charge in [0.2, 0.25) is 0 Å². The topological polar surface area (TPSA) is 13.1 Å². The van der Waals surface area contributed by atoms with Crippen LogP contribution in [0.1, 0.15) is 26.3 Å². The Labute approximate surface area is 219 Å². The van der Waals surface area contributed by atoms with Crippen molar-refractivity contribution in [1.82, 2.24) is 0 Å². The maximum atomic E-state index is 7.00. The summed E-state index contributed by atoms with van der Waals surface area (Å²) < 4.78 is 7.00. The first-order chi connectivity index (χ1) is 18.0. The van der Waals surface area contributed by atoms with E-state index >= 15 is 0 Å². The van der Waals surface area contributed by atoms with Gasteiger partial charge < -0.3 is 4.42 Å². The Morgan fingerprint density at radius 1 is 0.432 bits per heavy atom. The third-order valence-corrected chi connectivity index (χ3v) is 7.06. The molecule has 37 heavy (non-hydrogen) atoms. The van der Waals surface area contributed by atoms with E-state index in [1.807, 2.05) is 0 Å². The SMILES string of the molecule is CC(C)(C)c1cccc(-c2ccccc2)c1-c1oc(-c2ccccc2-c2ccccc2)c2ccccc12. The molecule has 0 spiro atoms. The van der Waals surface area contributed by atoms with E-state index in [1.54, 1.807) is 0 Å². The summed E-state index contributed by atoms with van der Waals surface area (Å²) in [5.74, 6) is 1.84. The van der Waals surface area contributed by atoms with Crippen molar-refractivity contribution in [2.45, 2.75) is 26.2 Å². The van der Waals surface area contributed by atoms with Gasteiger partial charge in [0.15, 0.2) is 0 Å². The lowest BCUT2D eigenvalue weighted by molar-refractivity contribution is 0.576. The molecule has 0 saturated heterocycles. The monoisotopic (exact) mass is 478 g/mol. The van der Waals surface area contributed by atoms with Crippen molar-refractivity contribution >= 4 is 10.8 Å². The highest BCUT2D eigenvalue weighted by molar-refractivity contribution is 6.07. The second-order valence-corrected chi connectivity index (χ2v) is 10.6. The summed E-state index contributed by atoms with van der Waals surface area (Å²) in [6, 6.07) is 44.9. The maximum absolute atomic E-state index is 7.00. The Morgan fingerprint density at radius 3 is 1.54 bits per heavy atom. The van der Waals surface area contributed by atoms with Gasteiger partial charge in [-0.3, -0.25) is 0 Å². The standard InChI is InChI=1S/C36H30O/c1-36(2,3)32-24-14-23-28(26-17-8-5-9-18-26)33(32)35-31-22-13-12-21-30(31)34(37-35)29-20-11-10-19-27(29)25-15-6-4-7-16-25/h4-24H,1-3H3. The van der Waals surface area contributed by atoms with Gasteiger partial charge in [-0.2, -0.15) is 0 Å². The highest BCUT2D eigenvalue weighted by atomic mass is 16.3. The van der Waals surface area contributed by atoms with Crippen LogP contribution in [-0.2, 0) is 5.41 Å². The van der Waals surface area contributed by atoms with Crippen molar-refractivity contribution in [2.75, 3.05) is 0 Å². The predicted molar refractivity (Wildman–Crippen MR) is 157 cm³/mol. The van der Waals surface area contributed by atoms with Crippen LogP contribution in [0.2, 0.25) is 0 Å². The molecular weight excluding hydrogens is 448 g/mol. The highest BCUT2D eigenvalue weighted by Crippen LogP contribution is 2.47. The minimum Gasteiger partial charge on any atom is -0.455 e. The molecule has 180 valence electrons. The van der Waals surface area contributed by atoms with Crippen molar-refractivity contribution in [2.24, 2.45) is 0 Å². The van der Waals surface area contributed by atoms with Crippen molar-refractivity contribution in [3.63, 3.8) is 0 Å². The third-order valence-electron chi connectivity index (χ3n) is 7.06. The Kier molecular flexibility index (Phi) is 5.77. The molecule has 6 aromatic rings. The highest BCUT2D eigenvalue weighted by Gasteiger charge is 2.27. The van der Waals surface area contributed by atoms with Crippen LogP contribution in [0.15, 0.2) is 132 Å². The van der Waals surface area contributed by atoms with Gasteiger partial charge in [-0.25, -0.2) is 0 Å². The number of rotatable bonds is 4. The molecule has 0 aliphatic heterocycles. The minimum atomic E-state index is -0.0594. The summed E-state index contributed by atoms with van der Waals surface area (Å²) in [5.41, 5.74) is 8.21. The lowest BCUT2D eigenvalue weighted by Gasteiger charge is -2.24. The van der Waals surface area contributed by atoms with E-state index in [2.05, 4.69) is 148 Å². The molecular formula is C36H30O. The van der Waals surface area contributed by atoms with Gasteiger partial charge in [0, 0.05) is 21.9 Å². The van der Waals surface area contributed by atoms with E-state index in [0.717, 1.165) is 27.9 Å². The number of hydrogen-bond acceptors (Lipinski definition) is 1. The lowest BCUT2D eigenvalue weighted by Crippen LogP contribution is -2.13. The summed E-state index contributed by atoms with van der Waals surface area (Å²) in [6.45, 7) is 6.83. The predicted octanol–water partition coefficient (Wildman–Crippen LogP) is 10.4. The van der Waals surface area contributed by atoms with E-state index in [9.17, 15) is 0 Å². The van der Waals surface area contributed by atoms with Gasteiger partial charge in [-0.05, 0) is 33.2 Å². The Balaban J connectivity index is 1.68. The minimum absolute atomic E-state index is 0.0594. The van der Waals surface area contributed by atoms with Crippen LogP contribution in [-0.4, -0.2) is 0 Å². The smallest absolute Gasteiger partial charge is 0.143 e. The molecule has 1 heteroatoms. The number of fused-ring (bicyclic) bond motifs is 1. The van der Waals surface area contributed by atoms with E-state index in [-0.39, 0.29) is 5.41 Å². The molecule has 1 aromatic heterocycles. The van der Waals surface area contributed by atoms with Crippen LogP contribution in [0.3, 0.4) is 0 Å².